The van der Waals surface area contributed by atoms with Gasteiger partial charge in [-0.1, -0.05) is 0 Å². The van der Waals surface area contributed by atoms with Crippen molar-refractivity contribution in [1.82, 2.24) is 15.1 Å². The highest BCUT2D eigenvalue weighted by atomic mass is 16.6. The van der Waals surface area contributed by atoms with Gasteiger partial charge in [0.15, 0.2) is 0 Å². The van der Waals surface area contributed by atoms with E-state index in [9.17, 15) is 0 Å². The highest BCUT2D eigenvalue weighted by Gasteiger charge is 2.13. The number of nitrogens with zero attached hydrogens (tertiary/aromatic N) is 2. The molecule has 1 aromatic heterocycles. The third kappa shape index (κ3) is 3.02. The van der Waals surface area contributed by atoms with E-state index in [0.717, 1.165) is 19.7 Å². The molecule has 1 fully saturated rings. The van der Waals surface area contributed by atoms with Crippen LogP contribution in [0.25, 0.3) is 0 Å². The molecule has 5 heteroatoms. The van der Waals surface area contributed by atoms with Crippen LogP contribution in [0, 0.1) is 0 Å². The number of hydrogen-bond acceptors (Lipinski definition) is 4. The first-order valence-electron chi connectivity index (χ1n) is 5.23. The van der Waals surface area contributed by atoms with Crippen LogP contribution in [-0.4, -0.2) is 42.2 Å². The van der Waals surface area contributed by atoms with E-state index in [4.69, 9.17) is 9.47 Å². The summed E-state index contributed by atoms with van der Waals surface area (Å²) in [6.07, 6.45) is 1.99. The summed E-state index contributed by atoms with van der Waals surface area (Å²) in [5.41, 5.74) is 1.17. The van der Waals surface area contributed by atoms with Crippen LogP contribution >= 0.6 is 0 Å². The molecule has 5 nitrogen and oxygen atoms in total. The molecule has 1 aliphatic rings. The molecule has 1 saturated heterocycles. The molecule has 0 amide bonds. The molecule has 1 atom stereocenters. The Hall–Kier alpha value is -0.910. The summed E-state index contributed by atoms with van der Waals surface area (Å²) >= 11 is 0. The van der Waals surface area contributed by atoms with Gasteiger partial charge in [0, 0.05) is 26.3 Å². The second-order valence-corrected chi connectivity index (χ2v) is 3.64. The van der Waals surface area contributed by atoms with Gasteiger partial charge >= 0.3 is 0 Å². The van der Waals surface area contributed by atoms with Crippen LogP contribution in [0.15, 0.2) is 12.3 Å². The smallest absolute Gasteiger partial charge is 0.0933 e. The quantitative estimate of drug-likeness (QED) is 0.757. The van der Waals surface area contributed by atoms with E-state index in [0.29, 0.717) is 13.2 Å². The Kier molecular flexibility index (Phi) is 3.71. The van der Waals surface area contributed by atoms with E-state index in [1.54, 1.807) is 6.20 Å². The monoisotopic (exact) mass is 211 g/mol. The van der Waals surface area contributed by atoms with E-state index in [1.807, 2.05) is 17.8 Å². The molecule has 0 aromatic carbocycles. The average Bonchev–Trinajstić information content (AvgIpc) is 2.66. The molecule has 1 N–H and O–H groups in total. The van der Waals surface area contributed by atoms with Crippen molar-refractivity contribution in [2.75, 3.05) is 26.4 Å². The van der Waals surface area contributed by atoms with Crippen molar-refractivity contribution >= 4 is 0 Å². The second-order valence-electron chi connectivity index (χ2n) is 3.64. The van der Waals surface area contributed by atoms with Crippen LogP contribution in [0.4, 0.5) is 0 Å². The van der Waals surface area contributed by atoms with Crippen LogP contribution in [0.5, 0.6) is 0 Å². The van der Waals surface area contributed by atoms with Gasteiger partial charge in [0.25, 0.3) is 0 Å². The van der Waals surface area contributed by atoms with Crippen LogP contribution in [0.1, 0.15) is 5.69 Å². The zero-order chi connectivity index (χ0) is 10.5. The molecular formula is C10H17N3O2. The Morgan fingerprint density at radius 3 is 3.20 bits per heavy atom. The van der Waals surface area contributed by atoms with Crippen molar-refractivity contribution in [3.8, 4) is 0 Å². The maximum absolute atomic E-state index is 5.52. The van der Waals surface area contributed by atoms with Crippen molar-refractivity contribution in [3.63, 3.8) is 0 Å². The molecule has 1 aliphatic heterocycles. The maximum Gasteiger partial charge on any atom is 0.0933 e. The molecule has 0 radical (unpaired) electrons. The van der Waals surface area contributed by atoms with Crippen molar-refractivity contribution in [2.45, 2.75) is 12.6 Å². The zero-order valence-corrected chi connectivity index (χ0v) is 8.98. The summed E-state index contributed by atoms with van der Waals surface area (Å²) in [6, 6.07) is 2.01. The largest absolute Gasteiger partial charge is 0.376 e. The first-order valence-corrected chi connectivity index (χ1v) is 5.23. The number of ether oxygens (including phenoxy) is 2. The Balaban J connectivity index is 1.68. The van der Waals surface area contributed by atoms with Gasteiger partial charge in [-0.15, -0.1) is 0 Å². The van der Waals surface area contributed by atoms with Crippen LogP contribution in [0.3, 0.4) is 0 Å². The summed E-state index contributed by atoms with van der Waals surface area (Å²) in [5, 5.41) is 7.44. The highest BCUT2D eigenvalue weighted by molar-refractivity contribution is 4.99. The predicted octanol–water partition coefficient (Wildman–Crippen LogP) is -0.0749. The third-order valence-corrected chi connectivity index (χ3v) is 2.49. The lowest BCUT2D eigenvalue weighted by Crippen LogP contribution is -2.37. The zero-order valence-electron chi connectivity index (χ0n) is 8.98. The first-order chi connectivity index (χ1) is 7.36. The molecule has 1 aromatic rings. The third-order valence-electron chi connectivity index (χ3n) is 2.49. The van der Waals surface area contributed by atoms with E-state index in [2.05, 4.69) is 10.4 Å². The van der Waals surface area contributed by atoms with Crippen molar-refractivity contribution < 1.29 is 9.47 Å². The van der Waals surface area contributed by atoms with Crippen LogP contribution < -0.4 is 5.32 Å². The number of nitrogens with one attached hydrogen (secondary N) is 1. The Labute approximate surface area is 89.4 Å². The Morgan fingerprint density at radius 2 is 2.53 bits per heavy atom. The fraction of sp³-hybridized carbons (Fsp3) is 0.700. The molecule has 0 saturated carbocycles. The predicted molar refractivity (Wildman–Crippen MR) is 55.5 cm³/mol. The van der Waals surface area contributed by atoms with E-state index < -0.39 is 0 Å². The van der Waals surface area contributed by atoms with Crippen LogP contribution in [0.2, 0.25) is 0 Å². The Bertz CT molecular complexity index is 295. The summed E-state index contributed by atoms with van der Waals surface area (Å²) in [6.45, 7) is 3.76. The normalized spacial score (nSPS) is 21.8. The number of aromatic nitrogens is 2. The van der Waals surface area contributed by atoms with Crippen LogP contribution in [-0.2, 0) is 23.1 Å². The van der Waals surface area contributed by atoms with Crippen molar-refractivity contribution in [2.24, 2.45) is 7.05 Å². The minimum atomic E-state index is 0.187. The van der Waals surface area contributed by atoms with Gasteiger partial charge in [-0.25, -0.2) is 0 Å². The van der Waals surface area contributed by atoms with Crippen molar-refractivity contribution in [1.29, 1.82) is 0 Å². The summed E-state index contributed by atoms with van der Waals surface area (Å²) in [7, 11) is 1.94. The maximum atomic E-state index is 5.52. The molecule has 84 valence electrons. The molecule has 1 unspecified atom stereocenters. The lowest BCUT2D eigenvalue weighted by Gasteiger charge is -2.23. The molecule has 0 spiro atoms. The second kappa shape index (κ2) is 5.25. The van der Waals surface area contributed by atoms with Gasteiger partial charge < -0.3 is 14.8 Å². The van der Waals surface area contributed by atoms with Gasteiger partial charge in [-0.05, 0) is 6.07 Å². The van der Waals surface area contributed by atoms with Gasteiger partial charge in [-0.3, -0.25) is 4.68 Å². The standard InChI is InChI=1S/C10H17N3O2/c1-13-9(2-3-12-13)6-11-7-10-8-14-4-5-15-10/h2-3,10-11H,4-8H2,1H3. The molecule has 0 aliphatic carbocycles. The molecular weight excluding hydrogens is 194 g/mol. The van der Waals surface area contributed by atoms with E-state index in [1.165, 1.54) is 5.69 Å². The lowest BCUT2D eigenvalue weighted by atomic mass is 10.3. The molecule has 15 heavy (non-hydrogen) atoms. The topological polar surface area (TPSA) is 48.3 Å². The summed E-state index contributed by atoms with van der Waals surface area (Å²) < 4.78 is 12.7. The lowest BCUT2D eigenvalue weighted by molar-refractivity contribution is -0.0864. The fourth-order valence-electron chi connectivity index (χ4n) is 1.59. The van der Waals surface area contributed by atoms with Gasteiger partial charge in [0.05, 0.1) is 31.6 Å². The number of hydrogen-bond donors (Lipinski definition) is 1. The van der Waals surface area contributed by atoms with E-state index >= 15 is 0 Å². The summed E-state index contributed by atoms with van der Waals surface area (Å²) in [4.78, 5) is 0. The molecule has 2 heterocycles. The number of rotatable bonds is 4. The Morgan fingerprint density at radius 1 is 1.60 bits per heavy atom. The fourth-order valence-corrected chi connectivity index (χ4v) is 1.59. The average molecular weight is 211 g/mol. The first kappa shape index (κ1) is 10.6. The van der Waals surface area contributed by atoms with Gasteiger partial charge in [-0.2, -0.15) is 5.10 Å². The van der Waals surface area contributed by atoms with E-state index in [-0.39, 0.29) is 6.10 Å². The molecule has 0 bridgehead atoms. The summed E-state index contributed by atoms with van der Waals surface area (Å²) in [5.74, 6) is 0. The SMILES string of the molecule is Cn1nccc1CNCC1COCCO1. The van der Waals surface area contributed by atoms with Crippen molar-refractivity contribution in [3.05, 3.63) is 18.0 Å². The minimum Gasteiger partial charge on any atom is -0.376 e. The number of aryl methyl sites for hydroxylation is 1. The highest BCUT2D eigenvalue weighted by Crippen LogP contribution is 2.00. The van der Waals surface area contributed by atoms with Gasteiger partial charge in [0.1, 0.15) is 0 Å². The molecule has 2 rings (SSSR count). The van der Waals surface area contributed by atoms with Gasteiger partial charge in [0.2, 0.25) is 0 Å². The minimum absolute atomic E-state index is 0.187.